The second-order valence-corrected chi connectivity index (χ2v) is 10.4. The molecule has 180 valence electrons. The largest absolute Gasteiger partial charge is 0.496 e. The van der Waals surface area contributed by atoms with Gasteiger partial charge in [0.2, 0.25) is 10.0 Å². The van der Waals surface area contributed by atoms with Gasteiger partial charge < -0.3 is 14.4 Å². The lowest BCUT2D eigenvalue weighted by Crippen LogP contribution is -2.46. The third-order valence-electron chi connectivity index (χ3n) is 6.54. The number of methoxy groups -OCH3 is 2. The average molecular weight is 478 g/mol. The number of unbranched alkanes of at least 4 members (excludes halogenated alkanes) is 1. The van der Waals surface area contributed by atoms with Gasteiger partial charge in [-0.1, -0.05) is 6.07 Å². The SMILES string of the molecule is COc1cccc2c1C(OC)CN(CCCCN1CCN(c3ccc(F)cc3)CC1)S2(=O)=O. The molecule has 9 heteroatoms. The van der Waals surface area contributed by atoms with Crippen LogP contribution in [0.15, 0.2) is 47.4 Å². The third kappa shape index (κ3) is 5.16. The van der Waals surface area contributed by atoms with Crippen LogP contribution < -0.4 is 9.64 Å². The van der Waals surface area contributed by atoms with Crippen LogP contribution in [0.3, 0.4) is 0 Å². The summed E-state index contributed by atoms with van der Waals surface area (Å²) in [4.78, 5) is 4.95. The van der Waals surface area contributed by atoms with Crippen molar-refractivity contribution < 1.29 is 22.3 Å². The molecule has 2 heterocycles. The van der Waals surface area contributed by atoms with Gasteiger partial charge in [-0.2, -0.15) is 4.31 Å². The van der Waals surface area contributed by atoms with Crippen LogP contribution in [-0.2, 0) is 14.8 Å². The molecular formula is C24H32FN3O4S. The highest BCUT2D eigenvalue weighted by Crippen LogP contribution is 2.39. The quantitative estimate of drug-likeness (QED) is 0.545. The zero-order chi connectivity index (χ0) is 23.4. The number of halogens is 1. The minimum absolute atomic E-state index is 0.215. The molecule has 1 fully saturated rings. The summed E-state index contributed by atoms with van der Waals surface area (Å²) in [6.45, 7) is 5.39. The van der Waals surface area contributed by atoms with Crippen LogP contribution in [0.1, 0.15) is 24.5 Å². The monoisotopic (exact) mass is 477 g/mol. The van der Waals surface area contributed by atoms with Gasteiger partial charge in [0.1, 0.15) is 17.7 Å². The van der Waals surface area contributed by atoms with Crippen molar-refractivity contribution in [2.24, 2.45) is 0 Å². The van der Waals surface area contributed by atoms with Crippen molar-refractivity contribution in [2.75, 3.05) is 64.9 Å². The summed E-state index contributed by atoms with van der Waals surface area (Å²) in [5, 5.41) is 0. The van der Waals surface area contributed by atoms with Crippen molar-refractivity contribution in [3.05, 3.63) is 53.8 Å². The molecule has 0 aromatic heterocycles. The Morgan fingerprint density at radius 2 is 1.67 bits per heavy atom. The Hall–Kier alpha value is -2.20. The number of rotatable bonds is 8. The number of piperazine rings is 1. The fourth-order valence-corrected chi connectivity index (χ4v) is 6.41. The zero-order valence-electron chi connectivity index (χ0n) is 19.2. The molecule has 0 amide bonds. The van der Waals surface area contributed by atoms with E-state index in [2.05, 4.69) is 9.80 Å². The number of fused-ring (bicyclic) bond motifs is 1. The fraction of sp³-hybridized carbons (Fsp3) is 0.500. The summed E-state index contributed by atoms with van der Waals surface area (Å²) in [7, 11) is -0.436. The van der Waals surface area contributed by atoms with Gasteiger partial charge in [0, 0.05) is 57.6 Å². The molecule has 0 saturated carbocycles. The molecule has 0 N–H and O–H groups in total. The van der Waals surface area contributed by atoms with Gasteiger partial charge >= 0.3 is 0 Å². The molecule has 2 aromatic rings. The van der Waals surface area contributed by atoms with Crippen LogP contribution in [0.5, 0.6) is 5.75 Å². The van der Waals surface area contributed by atoms with E-state index >= 15 is 0 Å². The first-order valence-electron chi connectivity index (χ1n) is 11.4. The van der Waals surface area contributed by atoms with E-state index in [9.17, 15) is 12.8 Å². The topological polar surface area (TPSA) is 62.3 Å². The Morgan fingerprint density at radius 3 is 2.33 bits per heavy atom. The smallest absolute Gasteiger partial charge is 0.243 e. The van der Waals surface area contributed by atoms with Gasteiger partial charge in [0.05, 0.1) is 12.0 Å². The van der Waals surface area contributed by atoms with Crippen LogP contribution in [0, 0.1) is 5.82 Å². The predicted octanol–water partition coefficient (Wildman–Crippen LogP) is 3.13. The Labute approximate surface area is 195 Å². The summed E-state index contributed by atoms with van der Waals surface area (Å²) >= 11 is 0. The van der Waals surface area contributed by atoms with Crippen LogP contribution in [0.25, 0.3) is 0 Å². The number of hydrogen-bond donors (Lipinski definition) is 0. The Balaban J connectivity index is 1.28. The highest BCUT2D eigenvalue weighted by molar-refractivity contribution is 7.89. The van der Waals surface area contributed by atoms with E-state index in [0.29, 0.717) is 24.4 Å². The molecule has 1 atom stereocenters. The van der Waals surface area contributed by atoms with Crippen LogP contribution in [0.2, 0.25) is 0 Å². The molecule has 0 aliphatic carbocycles. The summed E-state index contributed by atoms with van der Waals surface area (Å²) in [6, 6.07) is 11.8. The van der Waals surface area contributed by atoms with Crippen molar-refractivity contribution in [1.82, 2.24) is 9.21 Å². The van der Waals surface area contributed by atoms with Crippen LogP contribution in [0.4, 0.5) is 10.1 Å². The number of sulfonamides is 1. The molecular weight excluding hydrogens is 445 g/mol. The van der Waals surface area contributed by atoms with Gasteiger partial charge in [-0.25, -0.2) is 12.8 Å². The third-order valence-corrected chi connectivity index (χ3v) is 8.46. The lowest BCUT2D eigenvalue weighted by Gasteiger charge is -2.36. The molecule has 1 saturated heterocycles. The highest BCUT2D eigenvalue weighted by atomic mass is 32.2. The van der Waals surface area contributed by atoms with Crippen molar-refractivity contribution in [1.29, 1.82) is 0 Å². The van der Waals surface area contributed by atoms with Gasteiger partial charge in [-0.15, -0.1) is 0 Å². The highest BCUT2D eigenvalue weighted by Gasteiger charge is 2.38. The molecule has 7 nitrogen and oxygen atoms in total. The van der Waals surface area contributed by atoms with Gasteiger partial charge in [-0.3, -0.25) is 4.90 Å². The second kappa shape index (κ2) is 10.4. The first kappa shape index (κ1) is 23.9. The zero-order valence-corrected chi connectivity index (χ0v) is 20.1. The van der Waals surface area contributed by atoms with Crippen molar-refractivity contribution in [3.63, 3.8) is 0 Å². The number of anilines is 1. The molecule has 4 rings (SSSR count). The maximum Gasteiger partial charge on any atom is 0.243 e. The maximum atomic E-state index is 13.2. The Morgan fingerprint density at radius 1 is 0.970 bits per heavy atom. The number of ether oxygens (including phenoxy) is 2. The molecule has 2 aliphatic rings. The summed E-state index contributed by atoms with van der Waals surface area (Å²) in [6.07, 6.45) is 1.36. The summed E-state index contributed by atoms with van der Waals surface area (Å²) in [5.74, 6) is 0.329. The Bertz CT molecular complexity index is 1040. The van der Waals surface area contributed by atoms with Crippen LogP contribution >= 0.6 is 0 Å². The average Bonchev–Trinajstić information content (AvgIpc) is 2.83. The molecule has 1 unspecified atom stereocenters. The van der Waals surface area contributed by atoms with Crippen molar-refractivity contribution in [3.8, 4) is 5.75 Å². The van der Waals surface area contributed by atoms with E-state index in [4.69, 9.17) is 9.47 Å². The molecule has 0 radical (unpaired) electrons. The minimum Gasteiger partial charge on any atom is -0.496 e. The number of benzene rings is 2. The van der Waals surface area contributed by atoms with Crippen molar-refractivity contribution >= 4 is 15.7 Å². The summed E-state index contributed by atoms with van der Waals surface area (Å²) in [5.41, 5.74) is 1.66. The van der Waals surface area contributed by atoms with Crippen molar-refractivity contribution in [2.45, 2.75) is 23.8 Å². The van der Waals surface area contributed by atoms with E-state index in [1.54, 1.807) is 32.4 Å². The Kier molecular flexibility index (Phi) is 7.53. The minimum atomic E-state index is -3.58. The van der Waals surface area contributed by atoms with Gasteiger partial charge in [0.15, 0.2) is 0 Å². The van der Waals surface area contributed by atoms with Crippen LogP contribution in [-0.4, -0.2) is 77.7 Å². The van der Waals surface area contributed by atoms with E-state index in [1.165, 1.54) is 16.4 Å². The number of nitrogens with zero attached hydrogens (tertiary/aromatic N) is 3. The van der Waals surface area contributed by atoms with E-state index < -0.39 is 10.0 Å². The normalized spacial score (nSPS) is 21.1. The summed E-state index contributed by atoms with van der Waals surface area (Å²) < 4.78 is 52.1. The molecule has 2 aliphatic heterocycles. The van der Waals surface area contributed by atoms with E-state index in [1.807, 2.05) is 12.1 Å². The van der Waals surface area contributed by atoms with Gasteiger partial charge in [0.25, 0.3) is 0 Å². The molecule has 2 aromatic carbocycles. The lowest BCUT2D eigenvalue weighted by atomic mass is 10.1. The first-order valence-corrected chi connectivity index (χ1v) is 12.8. The maximum absolute atomic E-state index is 13.2. The lowest BCUT2D eigenvalue weighted by molar-refractivity contribution is 0.0750. The molecule has 0 spiro atoms. The number of hydrogen-bond acceptors (Lipinski definition) is 6. The second-order valence-electron chi connectivity index (χ2n) is 8.47. The predicted molar refractivity (Wildman–Crippen MR) is 126 cm³/mol. The van der Waals surface area contributed by atoms with E-state index in [-0.39, 0.29) is 16.8 Å². The fourth-order valence-electron chi connectivity index (χ4n) is 4.67. The first-order chi connectivity index (χ1) is 15.9. The van der Waals surface area contributed by atoms with E-state index in [0.717, 1.165) is 51.3 Å². The molecule has 33 heavy (non-hydrogen) atoms. The standard InChI is InChI=1S/C24H32FN3O4S/c1-31-21-6-5-7-23-24(21)22(32-2)18-28(33(23,29)30)13-4-3-12-26-14-16-27(17-15-26)20-10-8-19(25)9-11-20/h5-11,22H,3-4,12-18H2,1-2H3. The van der Waals surface area contributed by atoms with Gasteiger partial charge in [-0.05, 0) is 55.8 Å². The molecule has 0 bridgehead atoms.